The van der Waals surface area contributed by atoms with E-state index in [0.29, 0.717) is 19.0 Å². The van der Waals surface area contributed by atoms with Crippen LogP contribution in [-0.2, 0) is 13.0 Å². The zero-order valence-corrected chi connectivity index (χ0v) is 19.4. The van der Waals surface area contributed by atoms with Gasteiger partial charge in [0.05, 0.1) is 13.2 Å². The fraction of sp³-hybridized carbons (Fsp3) is 0.364. The molecule has 0 aliphatic rings. The monoisotopic (exact) mass is 507 g/mol. The van der Waals surface area contributed by atoms with Gasteiger partial charge in [-0.05, 0) is 37.0 Å². The number of fused-ring (bicyclic) bond motifs is 1. The smallest absolute Gasteiger partial charge is 0.213 e. The number of benzene rings is 1. The van der Waals surface area contributed by atoms with Crippen molar-refractivity contribution in [2.45, 2.75) is 33.2 Å². The Morgan fingerprint density at radius 3 is 2.76 bits per heavy atom. The topological polar surface area (TPSA) is 74.3 Å². The highest BCUT2D eigenvalue weighted by atomic mass is 127. The Bertz CT molecular complexity index is 892. The van der Waals surface area contributed by atoms with Crippen LogP contribution in [0.3, 0.4) is 0 Å². The molecule has 2 aromatic heterocycles. The van der Waals surface area contributed by atoms with Gasteiger partial charge in [0.15, 0.2) is 5.96 Å². The van der Waals surface area contributed by atoms with Gasteiger partial charge in [-0.3, -0.25) is 0 Å². The quantitative estimate of drug-likeness (QED) is 0.230. The standard InChI is InChI=1S/C22H29N5O.HI/c1-3-13-28-21-10-9-17(14-26-21)15-27-22(23-4-2)24-12-11-18-16-25-20-8-6-5-7-19(18)20;/h5-10,14,16,25H,3-4,11-13,15H2,1-2H3,(H2,23,24,27);1H. The second-order valence-electron chi connectivity index (χ2n) is 6.58. The van der Waals surface area contributed by atoms with Gasteiger partial charge in [-0.1, -0.05) is 31.2 Å². The zero-order chi connectivity index (χ0) is 19.6. The van der Waals surface area contributed by atoms with Crippen LogP contribution in [0.5, 0.6) is 5.88 Å². The number of aliphatic imine (C=N–C) groups is 1. The van der Waals surface area contributed by atoms with E-state index in [9.17, 15) is 0 Å². The van der Waals surface area contributed by atoms with E-state index in [1.807, 2.05) is 24.4 Å². The van der Waals surface area contributed by atoms with Crippen molar-refractivity contribution in [3.05, 3.63) is 59.9 Å². The molecule has 29 heavy (non-hydrogen) atoms. The fourth-order valence-corrected chi connectivity index (χ4v) is 2.96. The van der Waals surface area contributed by atoms with E-state index in [0.717, 1.165) is 37.5 Å². The van der Waals surface area contributed by atoms with E-state index in [2.05, 4.69) is 63.8 Å². The summed E-state index contributed by atoms with van der Waals surface area (Å²) in [6, 6.07) is 12.3. The van der Waals surface area contributed by atoms with Gasteiger partial charge in [-0.2, -0.15) is 0 Å². The van der Waals surface area contributed by atoms with Gasteiger partial charge < -0.3 is 20.4 Å². The number of hydrogen-bond acceptors (Lipinski definition) is 3. The second kappa shape index (κ2) is 12.3. The molecule has 0 aliphatic carbocycles. The van der Waals surface area contributed by atoms with Crippen LogP contribution in [0, 0.1) is 0 Å². The predicted molar refractivity (Wildman–Crippen MR) is 130 cm³/mol. The van der Waals surface area contributed by atoms with Crippen LogP contribution >= 0.6 is 24.0 Å². The van der Waals surface area contributed by atoms with Crippen molar-refractivity contribution in [2.75, 3.05) is 19.7 Å². The molecule has 0 saturated heterocycles. The van der Waals surface area contributed by atoms with Gasteiger partial charge in [-0.15, -0.1) is 24.0 Å². The molecule has 0 saturated carbocycles. The van der Waals surface area contributed by atoms with Crippen molar-refractivity contribution in [2.24, 2.45) is 4.99 Å². The molecule has 156 valence electrons. The summed E-state index contributed by atoms with van der Waals surface area (Å²) in [5.41, 5.74) is 3.54. The highest BCUT2D eigenvalue weighted by molar-refractivity contribution is 14.0. The number of aromatic amines is 1. The van der Waals surface area contributed by atoms with Gasteiger partial charge in [0, 0.05) is 42.5 Å². The third-order valence-electron chi connectivity index (χ3n) is 4.38. The maximum atomic E-state index is 5.52. The van der Waals surface area contributed by atoms with Gasteiger partial charge in [0.25, 0.3) is 0 Å². The van der Waals surface area contributed by atoms with Crippen molar-refractivity contribution in [3.63, 3.8) is 0 Å². The van der Waals surface area contributed by atoms with Crippen molar-refractivity contribution in [1.82, 2.24) is 20.6 Å². The van der Waals surface area contributed by atoms with Crippen LogP contribution in [0.4, 0.5) is 0 Å². The maximum Gasteiger partial charge on any atom is 0.213 e. The number of H-pyrrole nitrogens is 1. The summed E-state index contributed by atoms with van der Waals surface area (Å²) in [6.45, 7) is 7.05. The third-order valence-corrected chi connectivity index (χ3v) is 4.38. The van der Waals surface area contributed by atoms with E-state index >= 15 is 0 Å². The minimum atomic E-state index is 0. The highest BCUT2D eigenvalue weighted by Crippen LogP contribution is 2.17. The van der Waals surface area contributed by atoms with E-state index in [1.165, 1.54) is 16.5 Å². The third kappa shape index (κ3) is 6.92. The van der Waals surface area contributed by atoms with Gasteiger partial charge in [-0.25, -0.2) is 9.98 Å². The lowest BCUT2D eigenvalue weighted by atomic mass is 10.1. The molecule has 2 heterocycles. The summed E-state index contributed by atoms with van der Waals surface area (Å²) in [4.78, 5) is 12.3. The van der Waals surface area contributed by atoms with Crippen LogP contribution < -0.4 is 15.4 Å². The van der Waals surface area contributed by atoms with Crippen LogP contribution in [0.1, 0.15) is 31.4 Å². The summed E-state index contributed by atoms with van der Waals surface area (Å²) in [5.74, 6) is 1.48. The molecule has 0 fully saturated rings. The molecule has 6 nitrogen and oxygen atoms in total. The lowest BCUT2D eigenvalue weighted by molar-refractivity contribution is 0.305. The number of nitrogens with zero attached hydrogens (tertiary/aromatic N) is 2. The minimum Gasteiger partial charge on any atom is -0.478 e. The van der Waals surface area contributed by atoms with E-state index in [1.54, 1.807) is 0 Å². The normalized spacial score (nSPS) is 11.2. The SMILES string of the molecule is CCCOc1ccc(CN=C(NCC)NCCc2c[nH]c3ccccc23)cn1.I. The van der Waals surface area contributed by atoms with Crippen LogP contribution in [0.25, 0.3) is 10.9 Å². The summed E-state index contributed by atoms with van der Waals surface area (Å²) in [7, 11) is 0. The zero-order valence-electron chi connectivity index (χ0n) is 17.1. The summed E-state index contributed by atoms with van der Waals surface area (Å²) >= 11 is 0. The molecular weight excluding hydrogens is 477 g/mol. The molecule has 7 heteroatoms. The molecule has 0 unspecified atom stereocenters. The van der Waals surface area contributed by atoms with Gasteiger partial charge >= 0.3 is 0 Å². The first-order chi connectivity index (χ1) is 13.8. The lowest BCUT2D eigenvalue weighted by Gasteiger charge is -2.11. The number of nitrogens with one attached hydrogen (secondary N) is 3. The molecule has 0 aliphatic heterocycles. The van der Waals surface area contributed by atoms with E-state index < -0.39 is 0 Å². The highest BCUT2D eigenvalue weighted by Gasteiger charge is 2.04. The van der Waals surface area contributed by atoms with Crippen LogP contribution in [0.15, 0.2) is 53.8 Å². The van der Waals surface area contributed by atoms with Gasteiger partial charge in [0.2, 0.25) is 5.88 Å². The van der Waals surface area contributed by atoms with E-state index in [4.69, 9.17) is 4.74 Å². The Morgan fingerprint density at radius 2 is 2.00 bits per heavy atom. The number of guanidine groups is 1. The molecule has 3 aromatic rings. The molecule has 3 rings (SSSR count). The first-order valence-electron chi connectivity index (χ1n) is 9.95. The van der Waals surface area contributed by atoms with Crippen molar-refractivity contribution >= 4 is 40.8 Å². The predicted octanol–water partition coefficient (Wildman–Crippen LogP) is 4.27. The average Bonchev–Trinajstić information content (AvgIpc) is 3.14. The number of rotatable bonds is 9. The Morgan fingerprint density at radius 1 is 1.14 bits per heavy atom. The first kappa shape index (κ1) is 23.0. The Labute approximate surface area is 189 Å². The molecule has 0 atom stereocenters. The summed E-state index contributed by atoms with van der Waals surface area (Å²) < 4.78 is 5.52. The first-order valence-corrected chi connectivity index (χ1v) is 9.95. The molecule has 1 aromatic carbocycles. The Hall–Kier alpha value is -2.29. The average molecular weight is 507 g/mol. The summed E-state index contributed by atoms with van der Waals surface area (Å²) in [5, 5.41) is 7.99. The van der Waals surface area contributed by atoms with Crippen molar-refractivity contribution in [3.8, 4) is 5.88 Å². The molecule has 0 radical (unpaired) electrons. The number of pyridine rings is 1. The molecule has 3 N–H and O–H groups in total. The molecular formula is C22H30IN5O. The molecule has 0 amide bonds. The number of halogens is 1. The lowest BCUT2D eigenvalue weighted by Crippen LogP contribution is -2.38. The number of para-hydroxylation sites is 1. The Balaban J connectivity index is 0.00000300. The maximum absolute atomic E-state index is 5.52. The number of hydrogen-bond donors (Lipinski definition) is 3. The minimum absolute atomic E-state index is 0. The fourth-order valence-electron chi connectivity index (χ4n) is 2.96. The molecule has 0 spiro atoms. The van der Waals surface area contributed by atoms with Crippen molar-refractivity contribution in [1.29, 1.82) is 0 Å². The van der Waals surface area contributed by atoms with Gasteiger partial charge in [0.1, 0.15) is 0 Å². The van der Waals surface area contributed by atoms with E-state index in [-0.39, 0.29) is 24.0 Å². The van der Waals surface area contributed by atoms with Crippen LogP contribution in [0.2, 0.25) is 0 Å². The van der Waals surface area contributed by atoms with Crippen molar-refractivity contribution < 1.29 is 4.74 Å². The summed E-state index contributed by atoms with van der Waals surface area (Å²) in [6.07, 6.45) is 5.82. The Kier molecular flexibility index (Phi) is 9.76. The molecule has 0 bridgehead atoms. The number of ether oxygens (including phenoxy) is 1. The second-order valence-corrected chi connectivity index (χ2v) is 6.58. The largest absolute Gasteiger partial charge is 0.478 e. The van der Waals surface area contributed by atoms with Crippen LogP contribution in [-0.4, -0.2) is 35.6 Å². The number of aromatic nitrogens is 2.